The van der Waals surface area contributed by atoms with Gasteiger partial charge in [-0.25, -0.2) is 0 Å². The van der Waals surface area contributed by atoms with Gasteiger partial charge in [0.15, 0.2) is 11.5 Å². The molecule has 0 saturated heterocycles. The van der Waals surface area contributed by atoms with E-state index < -0.39 is 0 Å². The molecule has 146 valence electrons. The highest BCUT2D eigenvalue weighted by atomic mass is 35.5. The minimum Gasteiger partial charge on any atom is -0.493 e. The van der Waals surface area contributed by atoms with Crippen LogP contribution in [0.15, 0.2) is 36.4 Å². The molecule has 0 saturated carbocycles. The van der Waals surface area contributed by atoms with Crippen LogP contribution < -0.4 is 14.8 Å². The summed E-state index contributed by atoms with van der Waals surface area (Å²) in [5.41, 5.74) is 1.54. The average molecular weight is 411 g/mol. The standard InChI is InChI=1S/C20H24Cl2N2O3/c1-4-24(12-14-6-9-18(27-5-2)19(10-14)26-3)13-20(25)23-17-11-15(21)7-8-16(17)22/h6-11H,4-5,12-13H2,1-3H3,(H,23,25). The lowest BCUT2D eigenvalue weighted by atomic mass is 10.2. The third kappa shape index (κ3) is 6.31. The fourth-order valence-corrected chi connectivity index (χ4v) is 2.95. The number of hydrogen-bond acceptors (Lipinski definition) is 4. The Morgan fingerprint density at radius 1 is 1.11 bits per heavy atom. The lowest BCUT2D eigenvalue weighted by Crippen LogP contribution is -2.32. The molecule has 0 aliphatic rings. The molecule has 0 fully saturated rings. The van der Waals surface area contributed by atoms with Gasteiger partial charge in [-0.3, -0.25) is 9.69 Å². The largest absolute Gasteiger partial charge is 0.493 e. The molecule has 1 N–H and O–H groups in total. The zero-order chi connectivity index (χ0) is 19.8. The first kappa shape index (κ1) is 21.4. The van der Waals surface area contributed by atoms with E-state index in [4.69, 9.17) is 32.7 Å². The van der Waals surface area contributed by atoms with E-state index in [9.17, 15) is 4.79 Å². The maximum atomic E-state index is 12.4. The number of rotatable bonds is 9. The van der Waals surface area contributed by atoms with Gasteiger partial charge < -0.3 is 14.8 Å². The second-order valence-corrected chi connectivity index (χ2v) is 6.74. The van der Waals surface area contributed by atoms with Crippen molar-refractivity contribution < 1.29 is 14.3 Å². The third-order valence-corrected chi connectivity index (χ3v) is 4.52. The van der Waals surface area contributed by atoms with Crippen molar-refractivity contribution in [2.45, 2.75) is 20.4 Å². The van der Waals surface area contributed by atoms with Crippen LogP contribution in [0, 0.1) is 0 Å². The van der Waals surface area contributed by atoms with Crippen LogP contribution in [0.25, 0.3) is 0 Å². The van der Waals surface area contributed by atoms with Crippen molar-refractivity contribution in [1.29, 1.82) is 0 Å². The number of nitrogens with one attached hydrogen (secondary N) is 1. The number of amides is 1. The van der Waals surface area contributed by atoms with Gasteiger partial charge >= 0.3 is 0 Å². The van der Waals surface area contributed by atoms with Gasteiger partial charge in [0.25, 0.3) is 0 Å². The fourth-order valence-electron chi connectivity index (χ4n) is 2.61. The van der Waals surface area contributed by atoms with Crippen LogP contribution in [0.5, 0.6) is 11.5 Å². The molecule has 7 heteroatoms. The molecular formula is C20H24Cl2N2O3. The summed E-state index contributed by atoms with van der Waals surface area (Å²) in [7, 11) is 1.61. The first-order valence-electron chi connectivity index (χ1n) is 8.73. The monoisotopic (exact) mass is 410 g/mol. The number of halogens is 2. The van der Waals surface area contributed by atoms with Gasteiger partial charge in [0, 0.05) is 11.6 Å². The Morgan fingerprint density at radius 3 is 2.56 bits per heavy atom. The maximum absolute atomic E-state index is 12.4. The molecule has 0 radical (unpaired) electrons. The van der Waals surface area contributed by atoms with Crippen molar-refractivity contribution in [2.75, 3.05) is 32.1 Å². The second kappa shape index (κ2) is 10.4. The number of carbonyl (C=O) groups excluding carboxylic acids is 1. The summed E-state index contributed by atoms with van der Waals surface area (Å²) in [6, 6.07) is 10.8. The minimum atomic E-state index is -0.154. The number of nitrogens with zero attached hydrogens (tertiary/aromatic N) is 1. The second-order valence-electron chi connectivity index (χ2n) is 5.89. The van der Waals surface area contributed by atoms with Crippen molar-refractivity contribution in [3.63, 3.8) is 0 Å². The summed E-state index contributed by atoms with van der Waals surface area (Å²) in [5, 5.41) is 3.78. The van der Waals surface area contributed by atoms with E-state index in [1.807, 2.05) is 36.9 Å². The van der Waals surface area contributed by atoms with E-state index in [2.05, 4.69) is 5.32 Å². The summed E-state index contributed by atoms with van der Waals surface area (Å²) in [6.07, 6.45) is 0. The SMILES string of the molecule is CCOc1ccc(CN(CC)CC(=O)Nc2cc(Cl)ccc2Cl)cc1OC. The highest BCUT2D eigenvalue weighted by molar-refractivity contribution is 6.35. The van der Waals surface area contributed by atoms with Gasteiger partial charge in [-0.1, -0.05) is 36.2 Å². The van der Waals surface area contributed by atoms with Gasteiger partial charge in [0.2, 0.25) is 5.91 Å². The maximum Gasteiger partial charge on any atom is 0.238 e. The molecule has 2 aromatic rings. The molecule has 0 atom stereocenters. The number of benzene rings is 2. The summed E-state index contributed by atoms with van der Waals surface area (Å²) in [5.74, 6) is 1.24. The smallest absolute Gasteiger partial charge is 0.238 e. The molecule has 0 unspecified atom stereocenters. The summed E-state index contributed by atoms with van der Waals surface area (Å²) >= 11 is 12.1. The van der Waals surface area contributed by atoms with Gasteiger partial charge in [0.1, 0.15) is 0 Å². The first-order chi connectivity index (χ1) is 13.0. The number of methoxy groups -OCH3 is 1. The van der Waals surface area contributed by atoms with Crippen molar-refractivity contribution >= 4 is 34.8 Å². The molecule has 0 heterocycles. The molecule has 0 aliphatic carbocycles. The minimum absolute atomic E-state index is 0.154. The van der Waals surface area contributed by atoms with Crippen molar-refractivity contribution in [3.8, 4) is 11.5 Å². The molecule has 0 bridgehead atoms. The lowest BCUT2D eigenvalue weighted by molar-refractivity contribution is -0.117. The molecule has 27 heavy (non-hydrogen) atoms. The Kier molecular flexibility index (Phi) is 8.23. The zero-order valence-corrected chi connectivity index (χ0v) is 17.2. The van der Waals surface area contributed by atoms with E-state index in [0.29, 0.717) is 46.9 Å². The molecule has 2 rings (SSSR count). The van der Waals surface area contributed by atoms with Crippen LogP contribution in [0.4, 0.5) is 5.69 Å². The molecule has 0 aliphatic heterocycles. The summed E-state index contributed by atoms with van der Waals surface area (Å²) in [4.78, 5) is 14.4. The van der Waals surface area contributed by atoms with E-state index in [1.165, 1.54) is 0 Å². The molecule has 1 amide bonds. The Bertz CT molecular complexity index is 784. The normalized spacial score (nSPS) is 10.7. The Morgan fingerprint density at radius 2 is 1.89 bits per heavy atom. The third-order valence-electron chi connectivity index (χ3n) is 3.95. The van der Waals surface area contributed by atoms with E-state index in [-0.39, 0.29) is 12.5 Å². The van der Waals surface area contributed by atoms with Crippen molar-refractivity contribution in [3.05, 3.63) is 52.0 Å². The van der Waals surface area contributed by atoms with Crippen LogP contribution >= 0.6 is 23.2 Å². The number of anilines is 1. The first-order valence-corrected chi connectivity index (χ1v) is 9.49. The highest BCUT2D eigenvalue weighted by Crippen LogP contribution is 2.29. The number of ether oxygens (including phenoxy) is 2. The molecule has 0 spiro atoms. The van der Waals surface area contributed by atoms with Crippen LogP contribution in [0.2, 0.25) is 10.0 Å². The predicted octanol–water partition coefficient (Wildman–Crippen LogP) is 4.86. The number of likely N-dealkylation sites (N-methyl/N-ethyl adjacent to an activating group) is 1. The topological polar surface area (TPSA) is 50.8 Å². The quantitative estimate of drug-likeness (QED) is 0.640. The van der Waals surface area contributed by atoms with Crippen molar-refractivity contribution in [2.24, 2.45) is 0 Å². The van der Waals surface area contributed by atoms with E-state index in [1.54, 1.807) is 25.3 Å². The molecule has 2 aromatic carbocycles. The highest BCUT2D eigenvalue weighted by Gasteiger charge is 2.13. The lowest BCUT2D eigenvalue weighted by Gasteiger charge is -2.21. The average Bonchev–Trinajstić information content (AvgIpc) is 2.65. The Hall–Kier alpha value is -1.95. The fraction of sp³-hybridized carbons (Fsp3) is 0.350. The molecule has 0 aromatic heterocycles. The predicted molar refractivity (Wildman–Crippen MR) is 110 cm³/mol. The summed E-state index contributed by atoms with van der Waals surface area (Å²) < 4.78 is 10.9. The van der Waals surface area contributed by atoms with Crippen LogP contribution in [0.3, 0.4) is 0 Å². The van der Waals surface area contributed by atoms with E-state index in [0.717, 1.165) is 5.56 Å². The van der Waals surface area contributed by atoms with Crippen molar-refractivity contribution in [1.82, 2.24) is 4.90 Å². The Labute approximate surface area is 170 Å². The van der Waals surface area contributed by atoms with Crippen LogP contribution in [-0.2, 0) is 11.3 Å². The van der Waals surface area contributed by atoms with Gasteiger partial charge in [0.05, 0.1) is 31.0 Å². The number of carbonyl (C=O) groups is 1. The van der Waals surface area contributed by atoms with E-state index >= 15 is 0 Å². The van der Waals surface area contributed by atoms with Crippen LogP contribution in [-0.4, -0.2) is 37.6 Å². The molecule has 5 nitrogen and oxygen atoms in total. The number of hydrogen-bond donors (Lipinski definition) is 1. The van der Waals surface area contributed by atoms with Crippen LogP contribution in [0.1, 0.15) is 19.4 Å². The zero-order valence-electron chi connectivity index (χ0n) is 15.7. The summed E-state index contributed by atoms with van der Waals surface area (Å²) in [6.45, 7) is 6.06. The molecular weight excluding hydrogens is 387 g/mol. The van der Waals surface area contributed by atoms with Gasteiger partial charge in [-0.2, -0.15) is 0 Å². The Balaban J connectivity index is 2.02. The van der Waals surface area contributed by atoms with Gasteiger partial charge in [-0.15, -0.1) is 0 Å². The van der Waals surface area contributed by atoms with Gasteiger partial charge in [-0.05, 0) is 49.4 Å².